The van der Waals surface area contributed by atoms with Crippen LogP contribution in [0.5, 0.6) is 0 Å². The molecule has 2 heterocycles. The Hall–Kier alpha value is -1.73. The van der Waals surface area contributed by atoms with E-state index in [1.165, 1.54) is 16.9 Å². The second kappa shape index (κ2) is 7.25. The predicted octanol–water partition coefficient (Wildman–Crippen LogP) is 3.16. The lowest BCUT2D eigenvalue weighted by Gasteiger charge is -2.27. The summed E-state index contributed by atoms with van der Waals surface area (Å²) < 4.78 is 23.5. The second-order valence-corrected chi connectivity index (χ2v) is 9.55. The largest absolute Gasteiger partial charge is 0.333 e. The Morgan fingerprint density at radius 3 is 2.64 bits per heavy atom. The van der Waals surface area contributed by atoms with Gasteiger partial charge in [-0.2, -0.15) is 0 Å². The first kappa shape index (κ1) is 18.1. The third-order valence-corrected chi connectivity index (χ3v) is 7.04. The van der Waals surface area contributed by atoms with Crippen molar-refractivity contribution in [1.29, 1.82) is 0 Å². The van der Waals surface area contributed by atoms with Crippen molar-refractivity contribution in [1.82, 2.24) is 9.88 Å². The van der Waals surface area contributed by atoms with Crippen LogP contribution in [0.15, 0.2) is 29.6 Å². The number of aryl methyl sites for hydroxylation is 1. The number of benzene rings is 1. The maximum atomic E-state index is 12.9. The first-order valence-electron chi connectivity index (χ1n) is 8.43. The van der Waals surface area contributed by atoms with Gasteiger partial charge in [-0.1, -0.05) is 36.8 Å². The molecule has 1 saturated heterocycles. The lowest BCUT2D eigenvalue weighted by molar-refractivity contribution is 0.0692. The maximum absolute atomic E-state index is 12.9. The van der Waals surface area contributed by atoms with E-state index in [0.717, 1.165) is 17.0 Å². The minimum Gasteiger partial charge on any atom is -0.333 e. The molecule has 25 heavy (non-hydrogen) atoms. The standard InChI is InChI=1S/C18H22N2O3S2/c1-3-9-20(15-8-10-25(22,23)12-15)18(21)16-11-24-17(19-16)14-6-4-13(2)5-7-14/h4-7,11,15H,3,8-10,12H2,1-2H3/t15-/m1/s1. The fourth-order valence-electron chi connectivity index (χ4n) is 3.06. The summed E-state index contributed by atoms with van der Waals surface area (Å²) in [4.78, 5) is 19.1. The molecule has 1 aliphatic rings. The van der Waals surface area contributed by atoms with Crippen LogP contribution in [0.3, 0.4) is 0 Å². The van der Waals surface area contributed by atoms with Crippen LogP contribution >= 0.6 is 11.3 Å². The molecular weight excluding hydrogens is 356 g/mol. The van der Waals surface area contributed by atoms with Crippen molar-refractivity contribution in [3.63, 3.8) is 0 Å². The molecule has 0 aliphatic carbocycles. The van der Waals surface area contributed by atoms with Gasteiger partial charge in [-0.3, -0.25) is 4.79 Å². The normalized spacial score (nSPS) is 19.0. The highest BCUT2D eigenvalue weighted by molar-refractivity contribution is 7.91. The van der Waals surface area contributed by atoms with Crippen LogP contribution in [-0.4, -0.2) is 48.3 Å². The summed E-state index contributed by atoms with van der Waals surface area (Å²) in [7, 11) is -3.03. The Bertz CT molecular complexity index is 857. The third-order valence-electron chi connectivity index (χ3n) is 4.40. The summed E-state index contributed by atoms with van der Waals surface area (Å²) in [6.45, 7) is 4.57. The molecule has 1 aromatic carbocycles. The van der Waals surface area contributed by atoms with Crippen LogP contribution < -0.4 is 0 Å². The lowest BCUT2D eigenvalue weighted by Crippen LogP contribution is -2.41. The molecule has 1 aliphatic heterocycles. The lowest BCUT2D eigenvalue weighted by atomic mass is 10.1. The van der Waals surface area contributed by atoms with Gasteiger partial charge in [-0.05, 0) is 19.8 Å². The van der Waals surface area contributed by atoms with Gasteiger partial charge in [0.2, 0.25) is 0 Å². The smallest absolute Gasteiger partial charge is 0.273 e. The van der Waals surface area contributed by atoms with Gasteiger partial charge < -0.3 is 4.90 Å². The number of hydrogen-bond donors (Lipinski definition) is 0. The van der Waals surface area contributed by atoms with Gasteiger partial charge in [0.15, 0.2) is 9.84 Å². The van der Waals surface area contributed by atoms with E-state index >= 15 is 0 Å². The molecule has 0 radical (unpaired) electrons. The number of carbonyl (C=O) groups excluding carboxylic acids is 1. The van der Waals surface area contributed by atoms with Crippen LogP contribution in [0.4, 0.5) is 0 Å². The molecule has 7 heteroatoms. The predicted molar refractivity (Wildman–Crippen MR) is 101 cm³/mol. The van der Waals surface area contributed by atoms with Gasteiger partial charge in [-0.15, -0.1) is 11.3 Å². The fourth-order valence-corrected chi connectivity index (χ4v) is 5.59. The van der Waals surface area contributed by atoms with Crippen molar-refractivity contribution in [2.45, 2.75) is 32.7 Å². The van der Waals surface area contributed by atoms with Crippen molar-refractivity contribution in [3.05, 3.63) is 40.9 Å². The van der Waals surface area contributed by atoms with Crippen LogP contribution in [-0.2, 0) is 9.84 Å². The summed E-state index contributed by atoms with van der Waals surface area (Å²) in [6.07, 6.45) is 1.31. The monoisotopic (exact) mass is 378 g/mol. The summed E-state index contributed by atoms with van der Waals surface area (Å²) in [5.74, 6) is 0.0587. The Labute approximate surface area is 152 Å². The summed E-state index contributed by atoms with van der Waals surface area (Å²) >= 11 is 1.44. The van der Waals surface area contributed by atoms with Crippen molar-refractivity contribution >= 4 is 27.1 Å². The molecule has 0 N–H and O–H groups in total. The van der Waals surface area contributed by atoms with E-state index in [-0.39, 0.29) is 23.5 Å². The fraction of sp³-hybridized carbons (Fsp3) is 0.444. The van der Waals surface area contributed by atoms with Gasteiger partial charge >= 0.3 is 0 Å². The molecule has 134 valence electrons. The summed E-state index contributed by atoms with van der Waals surface area (Å²) in [5, 5.41) is 2.57. The van der Waals surface area contributed by atoms with E-state index < -0.39 is 9.84 Å². The average molecular weight is 379 g/mol. The Morgan fingerprint density at radius 2 is 2.04 bits per heavy atom. The maximum Gasteiger partial charge on any atom is 0.273 e. The second-order valence-electron chi connectivity index (χ2n) is 6.46. The number of thiazole rings is 1. The molecule has 0 bridgehead atoms. The van der Waals surface area contributed by atoms with Crippen molar-refractivity contribution in [3.8, 4) is 10.6 Å². The molecule has 1 fully saturated rings. The van der Waals surface area contributed by atoms with Gasteiger partial charge in [0.1, 0.15) is 10.7 Å². The van der Waals surface area contributed by atoms with Crippen LogP contribution in [0.2, 0.25) is 0 Å². The zero-order valence-electron chi connectivity index (χ0n) is 14.4. The van der Waals surface area contributed by atoms with E-state index in [2.05, 4.69) is 4.98 Å². The highest BCUT2D eigenvalue weighted by Gasteiger charge is 2.35. The number of sulfone groups is 1. The number of amides is 1. The number of hydrogen-bond acceptors (Lipinski definition) is 5. The number of nitrogens with zero attached hydrogens (tertiary/aromatic N) is 2. The SMILES string of the molecule is CCCN(C(=O)c1csc(-c2ccc(C)cc2)n1)[C@@H]1CCS(=O)(=O)C1. The molecule has 2 aromatic rings. The topological polar surface area (TPSA) is 67.3 Å². The van der Waals surface area contributed by atoms with E-state index in [0.29, 0.717) is 18.7 Å². The molecular formula is C18H22N2O3S2. The van der Waals surface area contributed by atoms with E-state index in [1.54, 1.807) is 10.3 Å². The van der Waals surface area contributed by atoms with Crippen molar-refractivity contribution in [2.75, 3.05) is 18.1 Å². The Kier molecular flexibility index (Phi) is 5.24. The average Bonchev–Trinajstić information content (AvgIpc) is 3.19. The van der Waals surface area contributed by atoms with E-state index in [4.69, 9.17) is 0 Å². The molecule has 0 spiro atoms. The highest BCUT2D eigenvalue weighted by Crippen LogP contribution is 2.26. The minimum absolute atomic E-state index is 0.0632. The summed E-state index contributed by atoms with van der Waals surface area (Å²) in [6, 6.07) is 7.80. The number of carbonyl (C=O) groups is 1. The van der Waals surface area contributed by atoms with Gasteiger partial charge in [0.25, 0.3) is 5.91 Å². The van der Waals surface area contributed by atoms with E-state index in [1.807, 2.05) is 38.1 Å². The number of aromatic nitrogens is 1. The first-order valence-corrected chi connectivity index (χ1v) is 11.1. The first-order chi connectivity index (χ1) is 11.9. The van der Waals surface area contributed by atoms with Crippen LogP contribution in [0, 0.1) is 6.92 Å². The zero-order chi connectivity index (χ0) is 18.0. The van der Waals surface area contributed by atoms with Crippen molar-refractivity contribution < 1.29 is 13.2 Å². The Balaban J connectivity index is 1.82. The molecule has 1 amide bonds. The molecule has 3 rings (SSSR count). The van der Waals surface area contributed by atoms with Crippen LogP contribution in [0.25, 0.3) is 10.6 Å². The zero-order valence-corrected chi connectivity index (χ0v) is 16.1. The quantitative estimate of drug-likeness (QED) is 0.801. The van der Waals surface area contributed by atoms with E-state index in [9.17, 15) is 13.2 Å². The van der Waals surface area contributed by atoms with Crippen LogP contribution in [0.1, 0.15) is 35.8 Å². The van der Waals surface area contributed by atoms with Gasteiger partial charge in [0.05, 0.1) is 11.5 Å². The molecule has 5 nitrogen and oxygen atoms in total. The molecule has 1 atom stereocenters. The molecule has 0 saturated carbocycles. The van der Waals surface area contributed by atoms with Gasteiger partial charge in [-0.25, -0.2) is 13.4 Å². The molecule has 0 unspecified atom stereocenters. The van der Waals surface area contributed by atoms with Gasteiger partial charge in [0, 0.05) is 23.5 Å². The third kappa shape index (κ3) is 4.10. The van der Waals surface area contributed by atoms with Crippen molar-refractivity contribution in [2.24, 2.45) is 0 Å². The molecule has 1 aromatic heterocycles. The highest BCUT2D eigenvalue weighted by atomic mass is 32.2. The Morgan fingerprint density at radius 1 is 1.32 bits per heavy atom. The number of rotatable bonds is 5. The summed E-state index contributed by atoms with van der Waals surface area (Å²) in [5.41, 5.74) is 2.56. The minimum atomic E-state index is -3.03.